The van der Waals surface area contributed by atoms with Gasteiger partial charge in [-0.05, 0) is 44.1 Å². The Kier molecular flexibility index (Phi) is 5.01. The maximum absolute atomic E-state index is 11.6. The van der Waals surface area contributed by atoms with Gasteiger partial charge >= 0.3 is 5.97 Å². The lowest BCUT2D eigenvalue weighted by molar-refractivity contribution is -0.135. The Balaban J connectivity index is 3.20. The van der Waals surface area contributed by atoms with Crippen molar-refractivity contribution in [2.24, 2.45) is 5.41 Å². The first-order valence-electron chi connectivity index (χ1n) is 6.54. The lowest BCUT2D eigenvalue weighted by atomic mass is 9.64. The molecule has 1 aliphatic rings. The first-order valence-corrected chi connectivity index (χ1v) is 6.54. The van der Waals surface area contributed by atoms with Gasteiger partial charge in [-0.25, -0.2) is 4.79 Å². The predicted molar refractivity (Wildman–Crippen MR) is 77.4 cm³/mol. The molecule has 2 atom stereocenters. The van der Waals surface area contributed by atoms with Crippen molar-refractivity contribution in [3.63, 3.8) is 0 Å². The van der Waals surface area contributed by atoms with Crippen LogP contribution in [-0.4, -0.2) is 35.9 Å². The third-order valence-electron chi connectivity index (χ3n) is 3.79. The van der Waals surface area contributed by atoms with Crippen LogP contribution in [-0.2, 0) is 19.1 Å². The summed E-state index contributed by atoms with van der Waals surface area (Å²) in [6.45, 7) is 4.81. The van der Waals surface area contributed by atoms with Gasteiger partial charge in [-0.2, -0.15) is 0 Å². The summed E-state index contributed by atoms with van der Waals surface area (Å²) < 4.78 is 4.51. The van der Waals surface area contributed by atoms with Gasteiger partial charge in [-0.15, -0.1) is 0 Å². The zero-order chi connectivity index (χ0) is 16.3. The van der Waals surface area contributed by atoms with Crippen molar-refractivity contribution in [2.45, 2.75) is 32.8 Å². The van der Waals surface area contributed by atoms with Crippen LogP contribution in [0.2, 0.25) is 0 Å². The lowest BCUT2D eigenvalue weighted by Crippen LogP contribution is -2.50. The van der Waals surface area contributed by atoms with E-state index in [0.29, 0.717) is 17.4 Å². The normalized spacial score (nSPS) is 30.2. The highest BCUT2D eigenvalue weighted by molar-refractivity contribution is 5.95. The fourth-order valence-electron chi connectivity index (χ4n) is 2.35. The number of hydrogen-bond acceptors (Lipinski definition) is 5. The molecule has 1 N–H and O–H groups in total. The van der Waals surface area contributed by atoms with Crippen LogP contribution in [0.1, 0.15) is 27.2 Å². The Hall–Kier alpha value is -2.01. The molecule has 1 rings (SSSR count). The molecule has 0 bridgehead atoms. The third-order valence-corrected chi connectivity index (χ3v) is 3.79. The molecule has 0 saturated heterocycles. The molecular formula is C16H20O5. The summed E-state index contributed by atoms with van der Waals surface area (Å²) in [4.78, 5) is 34.1. The van der Waals surface area contributed by atoms with E-state index < -0.39 is 17.0 Å². The molecule has 0 heterocycles. The Morgan fingerprint density at radius 3 is 2.62 bits per heavy atom. The average Bonchev–Trinajstić information content (AvgIpc) is 2.42. The first-order chi connectivity index (χ1) is 9.68. The summed E-state index contributed by atoms with van der Waals surface area (Å²) in [6, 6.07) is 0. The molecule has 114 valence electrons. The van der Waals surface area contributed by atoms with Crippen molar-refractivity contribution in [3.05, 3.63) is 35.5 Å². The number of esters is 1. The second kappa shape index (κ2) is 6.18. The largest absolute Gasteiger partial charge is 0.466 e. The molecule has 0 radical (unpaired) electrons. The smallest absolute Gasteiger partial charge is 0.330 e. The van der Waals surface area contributed by atoms with Gasteiger partial charge < -0.3 is 14.6 Å². The van der Waals surface area contributed by atoms with Crippen LogP contribution in [0.3, 0.4) is 0 Å². The Bertz CT molecular complexity index is 555. The van der Waals surface area contributed by atoms with Gasteiger partial charge in [0, 0.05) is 12.5 Å². The molecular weight excluding hydrogens is 272 g/mol. The summed E-state index contributed by atoms with van der Waals surface area (Å²) >= 11 is 0. The number of hydrogen-bond donors (Lipinski definition) is 1. The number of aliphatic hydroxyl groups is 1. The van der Waals surface area contributed by atoms with Crippen LogP contribution in [0.4, 0.5) is 0 Å². The average molecular weight is 292 g/mol. The number of carbonyl (C=O) groups is 3. The van der Waals surface area contributed by atoms with Crippen LogP contribution >= 0.6 is 0 Å². The molecule has 0 aromatic carbocycles. The molecule has 0 amide bonds. The van der Waals surface area contributed by atoms with E-state index in [0.717, 1.165) is 0 Å². The second-order valence-electron chi connectivity index (χ2n) is 5.52. The monoisotopic (exact) mass is 292 g/mol. The number of aldehydes is 1. The Morgan fingerprint density at radius 1 is 1.48 bits per heavy atom. The molecule has 0 unspecified atom stereocenters. The maximum atomic E-state index is 11.6. The Morgan fingerprint density at radius 2 is 2.10 bits per heavy atom. The Labute approximate surface area is 124 Å². The summed E-state index contributed by atoms with van der Waals surface area (Å²) in [6.07, 6.45) is 6.12. The van der Waals surface area contributed by atoms with Crippen LogP contribution < -0.4 is 0 Å². The van der Waals surface area contributed by atoms with Crippen molar-refractivity contribution in [2.75, 3.05) is 7.11 Å². The van der Waals surface area contributed by atoms with Crippen molar-refractivity contribution >= 4 is 18.0 Å². The predicted octanol–water partition coefficient (Wildman–Crippen LogP) is 1.52. The topological polar surface area (TPSA) is 80.7 Å². The number of carbonyl (C=O) groups excluding carboxylic acids is 3. The summed E-state index contributed by atoms with van der Waals surface area (Å²) in [5, 5.41) is 10.8. The van der Waals surface area contributed by atoms with Crippen molar-refractivity contribution in [1.82, 2.24) is 0 Å². The molecule has 0 aromatic heterocycles. The van der Waals surface area contributed by atoms with E-state index in [9.17, 15) is 19.5 Å². The van der Waals surface area contributed by atoms with E-state index in [-0.39, 0.29) is 12.2 Å². The zero-order valence-corrected chi connectivity index (χ0v) is 12.7. The van der Waals surface area contributed by atoms with E-state index in [4.69, 9.17) is 0 Å². The molecule has 5 nitrogen and oxygen atoms in total. The standard InChI is InChI=1S/C16H20O5/c1-11(7-14(19)21-4)5-6-16(20)12(2)8-13(18)9-15(16,3)10-17/h5-8,10,20H,9H2,1-4H3/b6-5+,11-7-/t15-,16-/m1/s1. The van der Waals surface area contributed by atoms with E-state index in [1.54, 1.807) is 13.8 Å². The quantitative estimate of drug-likeness (QED) is 0.368. The highest BCUT2D eigenvalue weighted by Crippen LogP contribution is 2.43. The van der Waals surface area contributed by atoms with E-state index in [1.807, 2.05) is 0 Å². The zero-order valence-electron chi connectivity index (χ0n) is 12.7. The molecule has 1 aliphatic carbocycles. The maximum Gasteiger partial charge on any atom is 0.330 e. The van der Waals surface area contributed by atoms with Gasteiger partial charge in [0.2, 0.25) is 0 Å². The summed E-state index contributed by atoms with van der Waals surface area (Å²) in [5.41, 5.74) is -1.83. The van der Waals surface area contributed by atoms with E-state index in [2.05, 4.69) is 4.74 Å². The van der Waals surface area contributed by atoms with E-state index >= 15 is 0 Å². The van der Waals surface area contributed by atoms with E-state index in [1.165, 1.54) is 38.3 Å². The van der Waals surface area contributed by atoms with Crippen LogP contribution in [0.15, 0.2) is 35.5 Å². The van der Waals surface area contributed by atoms with Gasteiger partial charge in [-0.1, -0.05) is 6.08 Å². The first kappa shape index (κ1) is 17.0. The van der Waals surface area contributed by atoms with Crippen molar-refractivity contribution in [3.8, 4) is 0 Å². The SMILES string of the molecule is COC(=O)/C=C(C)\C=C\[C@@]1(O)C(C)=CC(=O)C[C@]1(C)C=O. The lowest BCUT2D eigenvalue weighted by Gasteiger charge is -2.42. The number of ether oxygens (including phenoxy) is 1. The minimum absolute atomic E-state index is 0.0611. The highest BCUT2D eigenvalue weighted by Gasteiger charge is 2.50. The van der Waals surface area contributed by atoms with Gasteiger partial charge in [-0.3, -0.25) is 4.79 Å². The third kappa shape index (κ3) is 3.36. The number of rotatable bonds is 4. The van der Waals surface area contributed by atoms with Gasteiger partial charge in [0.25, 0.3) is 0 Å². The molecule has 0 aromatic rings. The highest BCUT2D eigenvalue weighted by atomic mass is 16.5. The minimum atomic E-state index is -1.56. The number of ketones is 1. The van der Waals surface area contributed by atoms with Crippen LogP contribution in [0.25, 0.3) is 0 Å². The van der Waals surface area contributed by atoms with Gasteiger partial charge in [0.05, 0.1) is 12.5 Å². The van der Waals surface area contributed by atoms with Crippen LogP contribution in [0, 0.1) is 5.41 Å². The fourth-order valence-corrected chi connectivity index (χ4v) is 2.35. The van der Waals surface area contributed by atoms with Crippen molar-refractivity contribution in [1.29, 1.82) is 0 Å². The summed E-state index contributed by atoms with van der Waals surface area (Å²) in [5.74, 6) is -0.699. The summed E-state index contributed by atoms with van der Waals surface area (Å²) in [7, 11) is 1.27. The fraction of sp³-hybridized carbons (Fsp3) is 0.438. The van der Waals surface area contributed by atoms with Gasteiger partial charge in [0.1, 0.15) is 11.9 Å². The molecule has 21 heavy (non-hydrogen) atoms. The molecule has 5 heteroatoms. The molecule has 0 fully saturated rings. The molecule has 0 aliphatic heterocycles. The number of allylic oxidation sites excluding steroid dienone is 3. The van der Waals surface area contributed by atoms with Crippen LogP contribution in [0.5, 0.6) is 0 Å². The molecule has 0 spiro atoms. The van der Waals surface area contributed by atoms with Crippen molar-refractivity contribution < 1.29 is 24.2 Å². The molecule has 0 saturated carbocycles. The van der Waals surface area contributed by atoms with Gasteiger partial charge in [0.15, 0.2) is 5.78 Å². The minimum Gasteiger partial charge on any atom is -0.466 e. The second-order valence-corrected chi connectivity index (χ2v) is 5.52. The number of methoxy groups -OCH3 is 1.